The van der Waals surface area contributed by atoms with E-state index in [-0.39, 0.29) is 17.9 Å². The molecule has 1 aliphatic rings. The van der Waals surface area contributed by atoms with E-state index in [4.69, 9.17) is 9.47 Å². The minimum Gasteiger partial charge on any atom is -0.494 e. The van der Waals surface area contributed by atoms with Crippen LogP contribution in [0.5, 0.6) is 5.75 Å². The van der Waals surface area contributed by atoms with Crippen molar-refractivity contribution in [3.8, 4) is 5.75 Å². The Hall–Kier alpha value is -2.08. The van der Waals surface area contributed by atoms with E-state index in [2.05, 4.69) is 5.32 Å². The van der Waals surface area contributed by atoms with Crippen molar-refractivity contribution in [2.45, 2.75) is 45.1 Å². The van der Waals surface area contributed by atoms with Gasteiger partial charge in [0.2, 0.25) is 11.8 Å². The Morgan fingerprint density at radius 2 is 1.81 bits per heavy atom. The third-order valence-corrected chi connectivity index (χ3v) is 4.57. The fourth-order valence-corrected chi connectivity index (χ4v) is 2.97. The largest absolute Gasteiger partial charge is 0.494 e. The van der Waals surface area contributed by atoms with E-state index in [0.717, 1.165) is 18.6 Å². The first-order valence-electron chi connectivity index (χ1n) is 9.34. The van der Waals surface area contributed by atoms with Crippen LogP contribution in [0, 0.1) is 6.92 Å². The fourth-order valence-electron chi connectivity index (χ4n) is 2.97. The molecule has 1 fully saturated rings. The third kappa shape index (κ3) is 7.04. The van der Waals surface area contributed by atoms with E-state index < -0.39 is 0 Å². The first-order valence-corrected chi connectivity index (χ1v) is 9.34. The van der Waals surface area contributed by atoms with Crippen molar-refractivity contribution in [1.29, 1.82) is 0 Å². The second-order valence-electron chi connectivity index (χ2n) is 6.73. The standard InChI is InChI=1S/C20H30N2O4/c1-16-5-7-18(8-6-16)26-14-3-4-20(24)22-12-9-17(10-13-22)21-19(23)11-15-25-2/h5-8,17H,3-4,9-15H2,1-2H3,(H,21,23). The molecule has 0 atom stereocenters. The van der Waals surface area contributed by atoms with Gasteiger partial charge in [-0.05, 0) is 38.3 Å². The average molecular weight is 362 g/mol. The first-order chi connectivity index (χ1) is 12.6. The van der Waals surface area contributed by atoms with Gasteiger partial charge in [0.25, 0.3) is 0 Å². The minimum atomic E-state index is 0.0184. The molecule has 0 spiro atoms. The number of methoxy groups -OCH3 is 1. The van der Waals surface area contributed by atoms with Crippen molar-refractivity contribution in [3.63, 3.8) is 0 Å². The Bertz CT molecular complexity index is 566. The smallest absolute Gasteiger partial charge is 0.222 e. The molecule has 0 radical (unpaired) electrons. The second-order valence-corrected chi connectivity index (χ2v) is 6.73. The van der Waals surface area contributed by atoms with Crippen molar-refractivity contribution in [2.75, 3.05) is 33.4 Å². The number of carbonyl (C=O) groups excluding carboxylic acids is 2. The summed E-state index contributed by atoms with van der Waals surface area (Å²) in [5, 5.41) is 3.01. The lowest BCUT2D eigenvalue weighted by Crippen LogP contribution is -2.46. The molecule has 0 aromatic heterocycles. The zero-order chi connectivity index (χ0) is 18.8. The van der Waals surface area contributed by atoms with Gasteiger partial charge in [0, 0.05) is 39.1 Å². The third-order valence-electron chi connectivity index (χ3n) is 4.57. The van der Waals surface area contributed by atoms with Gasteiger partial charge in [0.1, 0.15) is 5.75 Å². The maximum atomic E-state index is 12.3. The molecule has 2 amide bonds. The number of hydrogen-bond donors (Lipinski definition) is 1. The topological polar surface area (TPSA) is 67.9 Å². The SMILES string of the molecule is COCCC(=O)NC1CCN(C(=O)CCCOc2ccc(C)cc2)CC1. The van der Waals surface area contributed by atoms with Crippen LogP contribution in [0.4, 0.5) is 0 Å². The van der Waals surface area contributed by atoms with Crippen molar-refractivity contribution < 1.29 is 19.1 Å². The molecule has 1 aliphatic heterocycles. The van der Waals surface area contributed by atoms with E-state index in [1.54, 1.807) is 7.11 Å². The van der Waals surface area contributed by atoms with Crippen LogP contribution in [0.25, 0.3) is 0 Å². The van der Waals surface area contributed by atoms with Gasteiger partial charge >= 0.3 is 0 Å². The molecule has 0 aliphatic carbocycles. The number of hydrogen-bond acceptors (Lipinski definition) is 4. The monoisotopic (exact) mass is 362 g/mol. The molecule has 0 saturated carbocycles. The molecule has 1 heterocycles. The van der Waals surface area contributed by atoms with Gasteiger partial charge in [-0.1, -0.05) is 17.7 Å². The molecule has 1 saturated heterocycles. The number of amides is 2. The summed E-state index contributed by atoms with van der Waals surface area (Å²) in [7, 11) is 1.59. The lowest BCUT2D eigenvalue weighted by molar-refractivity contribution is -0.132. The maximum Gasteiger partial charge on any atom is 0.222 e. The van der Waals surface area contributed by atoms with Crippen LogP contribution in [0.2, 0.25) is 0 Å². The van der Waals surface area contributed by atoms with Crippen LogP contribution in [0.1, 0.15) is 37.7 Å². The van der Waals surface area contributed by atoms with Gasteiger partial charge in [-0.2, -0.15) is 0 Å². The van der Waals surface area contributed by atoms with Crippen molar-refractivity contribution in [3.05, 3.63) is 29.8 Å². The molecule has 2 rings (SSSR count). The molecular weight excluding hydrogens is 332 g/mol. The molecule has 0 bridgehead atoms. The van der Waals surface area contributed by atoms with E-state index in [1.165, 1.54) is 5.56 Å². The summed E-state index contributed by atoms with van der Waals surface area (Å²) in [6.07, 6.45) is 3.21. The summed E-state index contributed by atoms with van der Waals surface area (Å²) >= 11 is 0. The number of likely N-dealkylation sites (tertiary alicyclic amines) is 1. The van der Waals surface area contributed by atoms with Crippen LogP contribution in [-0.4, -0.2) is 56.2 Å². The van der Waals surface area contributed by atoms with Gasteiger partial charge in [0.15, 0.2) is 0 Å². The maximum absolute atomic E-state index is 12.3. The Morgan fingerprint density at radius 1 is 1.12 bits per heavy atom. The van der Waals surface area contributed by atoms with Gasteiger partial charge in [0.05, 0.1) is 13.2 Å². The van der Waals surface area contributed by atoms with Crippen molar-refractivity contribution in [1.82, 2.24) is 10.2 Å². The molecule has 0 unspecified atom stereocenters. The van der Waals surface area contributed by atoms with E-state index in [1.807, 2.05) is 36.1 Å². The van der Waals surface area contributed by atoms with Gasteiger partial charge < -0.3 is 19.7 Å². The first kappa shape index (κ1) is 20.2. The molecule has 1 aromatic rings. The number of rotatable bonds is 9. The number of nitrogens with one attached hydrogen (secondary N) is 1. The predicted molar refractivity (Wildman–Crippen MR) is 100 cm³/mol. The number of nitrogens with zero attached hydrogens (tertiary/aromatic N) is 1. The van der Waals surface area contributed by atoms with E-state index in [0.29, 0.717) is 45.6 Å². The number of ether oxygens (including phenoxy) is 2. The summed E-state index contributed by atoms with van der Waals surface area (Å²) in [4.78, 5) is 25.9. The predicted octanol–water partition coefficient (Wildman–Crippen LogP) is 2.30. The molecule has 144 valence electrons. The highest BCUT2D eigenvalue weighted by Gasteiger charge is 2.23. The van der Waals surface area contributed by atoms with Crippen LogP contribution >= 0.6 is 0 Å². The van der Waals surface area contributed by atoms with Crippen LogP contribution < -0.4 is 10.1 Å². The average Bonchev–Trinajstić information content (AvgIpc) is 2.65. The van der Waals surface area contributed by atoms with Crippen LogP contribution in [0.15, 0.2) is 24.3 Å². The number of carbonyl (C=O) groups is 2. The van der Waals surface area contributed by atoms with Crippen molar-refractivity contribution in [2.24, 2.45) is 0 Å². The zero-order valence-corrected chi connectivity index (χ0v) is 15.8. The number of piperidine rings is 1. The molecule has 1 aromatic carbocycles. The van der Waals surface area contributed by atoms with Gasteiger partial charge in [-0.25, -0.2) is 0 Å². The lowest BCUT2D eigenvalue weighted by atomic mass is 10.0. The zero-order valence-electron chi connectivity index (χ0n) is 15.8. The second kappa shape index (κ2) is 10.8. The summed E-state index contributed by atoms with van der Waals surface area (Å²) in [5.74, 6) is 1.03. The van der Waals surface area contributed by atoms with Gasteiger partial charge in [-0.3, -0.25) is 9.59 Å². The number of aryl methyl sites for hydroxylation is 1. The minimum absolute atomic E-state index is 0.0184. The summed E-state index contributed by atoms with van der Waals surface area (Å²) < 4.78 is 10.6. The Labute approximate surface area is 155 Å². The lowest BCUT2D eigenvalue weighted by Gasteiger charge is -2.32. The molecule has 1 N–H and O–H groups in total. The summed E-state index contributed by atoms with van der Waals surface area (Å²) in [6.45, 7) is 4.42. The van der Waals surface area contributed by atoms with Gasteiger partial charge in [-0.15, -0.1) is 0 Å². The van der Waals surface area contributed by atoms with E-state index >= 15 is 0 Å². The van der Waals surface area contributed by atoms with E-state index in [9.17, 15) is 9.59 Å². The Morgan fingerprint density at radius 3 is 2.46 bits per heavy atom. The molecular formula is C20H30N2O4. The molecule has 6 nitrogen and oxygen atoms in total. The summed E-state index contributed by atoms with van der Waals surface area (Å²) in [6, 6.07) is 8.08. The molecule has 6 heteroatoms. The van der Waals surface area contributed by atoms with Crippen LogP contribution in [-0.2, 0) is 14.3 Å². The highest BCUT2D eigenvalue weighted by molar-refractivity contribution is 5.77. The Kier molecular flexibility index (Phi) is 8.41. The summed E-state index contributed by atoms with van der Waals surface area (Å²) in [5.41, 5.74) is 1.20. The number of benzene rings is 1. The van der Waals surface area contributed by atoms with Crippen molar-refractivity contribution >= 4 is 11.8 Å². The highest BCUT2D eigenvalue weighted by atomic mass is 16.5. The quantitative estimate of drug-likeness (QED) is 0.685. The Balaban J connectivity index is 1.59. The normalized spacial score (nSPS) is 14.9. The van der Waals surface area contributed by atoms with Crippen LogP contribution in [0.3, 0.4) is 0 Å². The molecule has 26 heavy (non-hydrogen) atoms. The fraction of sp³-hybridized carbons (Fsp3) is 0.600. The highest BCUT2D eigenvalue weighted by Crippen LogP contribution is 2.14.